The highest BCUT2D eigenvalue weighted by Gasteiger charge is 2.38. The molecule has 2 saturated heterocycles. The number of nitrogens with zero attached hydrogens (tertiary/aromatic N) is 2. The van der Waals surface area contributed by atoms with Gasteiger partial charge in [-0.25, -0.2) is 0 Å². The number of nitro groups is 1. The van der Waals surface area contributed by atoms with Gasteiger partial charge in [0, 0.05) is 36.3 Å². The van der Waals surface area contributed by atoms with Gasteiger partial charge in [-0.15, -0.1) is 12.4 Å². The van der Waals surface area contributed by atoms with Crippen LogP contribution in [0.4, 0.5) is 5.69 Å². The quantitative estimate of drug-likeness (QED) is 0.669. The van der Waals surface area contributed by atoms with Crippen LogP contribution in [-0.2, 0) is 0 Å². The van der Waals surface area contributed by atoms with Crippen LogP contribution < -0.4 is 5.32 Å². The van der Waals surface area contributed by atoms with Crippen LogP contribution in [-0.4, -0.2) is 40.9 Å². The Morgan fingerprint density at radius 3 is 2.81 bits per heavy atom. The van der Waals surface area contributed by atoms with E-state index in [-0.39, 0.29) is 36.1 Å². The molecule has 2 bridgehead atoms. The van der Waals surface area contributed by atoms with Gasteiger partial charge in [0.15, 0.2) is 0 Å². The third-order valence-electron chi connectivity index (χ3n) is 4.19. The predicted molar refractivity (Wildman–Crippen MR) is 80.8 cm³/mol. The van der Waals surface area contributed by atoms with Crippen molar-refractivity contribution >= 4 is 24.0 Å². The minimum Gasteiger partial charge on any atom is -0.331 e. The van der Waals surface area contributed by atoms with Gasteiger partial charge in [0.2, 0.25) is 0 Å². The average molecular weight is 312 g/mol. The van der Waals surface area contributed by atoms with Crippen LogP contribution in [0.5, 0.6) is 0 Å². The number of amides is 1. The van der Waals surface area contributed by atoms with Gasteiger partial charge in [-0.2, -0.15) is 0 Å². The first kappa shape index (κ1) is 15.7. The Morgan fingerprint density at radius 2 is 2.05 bits per heavy atom. The molecule has 0 spiro atoms. The molecule has 6 nitrogen and oxygen atoms in total. The molecule has 1 aromatic carbocycles. The van der Waals surface area contributed by atoms with Crippen molar-refractivity contribution in [2.24, 2.45) is 0 Å². The molecule has 21 heavy (non-hydrogen) atoms. The van der Waals surface area contributed by atoms with E-state index in [0.29, 0.717) is 5.56 Å². The molecule has 0 aliphatic carbocycles. The number of non-ortho nitro benzene ring substituents is 1. The maximum Gasteiger partial charge on any atom is 0.270 e. The molecule has 3 rings (SSSR count). The largest absolute Gasteiger partial charge is 0.331 e. The van der Waals surface area contributed by atoms with Crippen LogP contribution in [0.2, 0.25) is 0 Å². The maximum absolute atomic E-state index is 12.7. The molecule has 1 N–H and O–H groups in total. The zero-order valence-corrected chi connectivity index (χ0v) is 12.3. The minimum atomic E-state index is -0.463. The Kier molecular flexibility index (Phi) is 4.80. The highest BCUT2D eigenvalue weighted by molar-refractivity contribution is 5.95. The summed E-state index contributed by atoms with van der Waals surface area (Å²) in [6.45, 7) is 1.75. The molecule has 0 aromatic heterocycles. The van der Waals surface area contributed by atoms with E-state index in [2.05, 4.69) is 5.32 Å². The fraction of sp³-hybridized carbons (Fsp3) is 0.500. The fourth-order valence-corrected chi connectivity index (χ4v) is 3.22. The molecule has 2 unspecified atom stereocenters. The lowest BCUT2D eigenvalue weighted by Gasteiger charge is -2.27. The summed E-state index contributed by atoms with van der Waals surface area (Å²) in [5.41, 5.74) is 0.383. The van der Waals surface area contributed by atoms with E-state index in [1.165, 1.54) is 12.1 Å². The van der Waals surface area contributed by atoms with Crippen molar-refractivity contribution in [2.45, 2.75) is 31.3 Å². The molecule has 2 atom stereocenters. The van der Waals surface area contributed by atoms with Crippen LogP contribution in [0.15, 0.2) is 24.3 Å². The molecule has 114 valence electrons. The van der Waals surface area contributed by atoms with Crippen molar-refractivity contribution in [3.8, 4) is 0 Å². The molecule has 2 aliphatic heterocycles. The van der Waals surface area contributed by atoms with E-state index in [0.717, 1.165) is 32.4 Å². The van der Waals surface area contributed by atoms with Gasteiger partial charge < -0.3 is 10.2 Å². The van der Waals surface area contributed by atoms with Crippen molar-refractivity contribution in [3.63, 3.8) is 0 Å². The molecular weight excluding hydrogens is 294 g/mol. The van der Waals surface area contributed by atoms with Crippen LogP contribution in [0, 0.1) is 10.1 Å². The summed E-state index contributed by atoms with van der Waals surface area (Å²) in [5, 5.41) is 14.2. The van der Waals surface area contributed by atoms with E-state index >= 15 is 0 Å². The van der Waals surface area contributed by atoms with Gasteiger partial charge in [-0.1, -0.05) is 6.07 Å². The van der Waals surface area contributed by atoms with E-state index in [4.69, 9.17) is 0 Å². The number of hydrogen-bond donors (Lipinski definition) is 1. The third kappa shape index (κ3) is 3.01. The molecule has 2 heterocycles. The van der Waals surface area contributed by atoms with Gasteiger partial charge in [0.1, 0.15) is 0 Å². The first-order valence-electron chi connectivity index (χ1n) is 6.94. The Bertz CT molecular complexity index is 538. The minimum absolute atomic E-state index is 0. The Labute approximate surface area is 129 Å². The number of nitro benzene ring substituents is 1. The summed E-state index contributed by atoms with van der Waals surface area (Å²) in [6.07, 6.45) is 3.00. The Morgan fingerprint density at radius 1 is 1.29 bits per heavy atom. The SMILES string of the molecule is Cl.O=C(c1cccc([N+](=O)[O-])c1)N1C2CCNCC1CC2. The normalized spacial score (nSPS) is 24.1. The van der Waals surface area contributed by atoms with Crippen molar-refractivity contribution < 1.29 is 9.72 Å². The molecule has 2 fully saturated rings. The van der Waals surface area contributed by atoms with Gasteiger partial charge in [-0.05, 0) is 31.9 Å². The number of fused-ring (bicyclic) bond motifs is 2. The molecule has 1 amide bonds. The standard InChI is InChI=1S/C14H17N3O3.ClH/c18-14(10-2-1-3-12(8-10)17(19)20)16-11-4-5-13(16)9-15-7-6-11;/h1-3,8,11,13,15H,4-7,9H2;1H. The summed E-state index contributed by atoms with van der Waals surface area (Å²) in [4.78, 5) is 24.9. The third-order valence-corrected chi connectivity index (χ3v) is 4.19. The lowest BCUT2D eigenvalue weighted by molar-refractivity contribution is -0.384. The van der Waals surface area contributed by atoms with Crippen LogP contribution in [0.3, 0.4) is 0 Å². The number of carbonyl (C=O) groups excluding carboxylic acids is 1. The number of hydrogen-bond acceptors (Lipinski definition) is 4. The second-order valence-corrected chi connectivity index (χ2v) is 5.40. The second kappa shape index (κ2) is 6.41. The Balaban J connectivity index is 0.00000161. The number of rotatable bonds is 2. The molecular formula is C14H18ClN3O3. The first-order chi connectivity index (χ1) is 9.66. The van der Waals surface area contributed by atoms with Crippen molar-refractivity contribution in [3.05, 3.63) is 39.9 Å². The monoisotopic (exact) mass is 311 g/mol. The fourth-order valence-electron chi connectivity index (χ4n) is 3.22. The summed E-state index contributed by atoms with van der Waals surface area (Å²) in [6, 6.07) is 6.50. The number of halogens is 1. The zero-order valence-electron chi connectivity index (χ0n) is 11.5. The zero-order chi connectivity index (χ0) is 14.1. The van der Waals surface area contributed by atoms with E-state index in [1.807, 2.05) is 4.90 Å². The number of benzene rings is 1. The van der Waals surface area contributed by atoms with Crippen molar-refractivity contribution in [2.75, 3.05) is 13.1 Å². The smallest absolute Gasteiger partial charge is 0.270 e. The molecule has 7 heteroatoms. The second-order valence-electron chi connectivity index (χ2n) is 5.40. The van der Waals surface area contributed by atoms with Crippen LogP contribution in [0.1, 0.15) is 29.6 Å². The van der Waals surface area contributed by atoms with E-state index in [9.17, 15) is 14.9 Å². The predicted octanol–water partition coefficient (Wildman–Crippen LogP) is 1.98. The van der Waals surface area contributed by atoms with E-state index in [1.54, 1.807) is 12.1 Å². The molecule has 2 aliphatic rings. The topological polar surface area (TPSA) is 75.5 Å². The molecule has 0 radical (unpaired) electrons. The number of carbonyl (C=O) groups is 1. The molecule has 0 saturated carbocycles. The van der Waals surface area contributed by atoms with Gasteiger partial charge in [0.05, 0.1) is 4.92 Å². The van der Waals surface area contributed by atoms with Crippen LogP contribution in [0.25, 0.3) is 0 Å². The van der Waals surface area contributed by atoms with E-state index < -0.39 is 4.92 Å². The highest BCUT2D eigenvalue weighted by Crippen LogP contribution is 2.30. The summed E-state index contributed by atoms with van der Waals surface area (Å²) < 4.78 is 0. The average Bonchev–Trinajstić information content (AvgIpc) is 2.71. The lowest BCUT2D eigenvalue weighted by Crippen LogP contribution is -2.42. The Hall–Kier alpha value is -1.66. The van der Waals surface area contributed by atoms with Gasteiger partial charge >= 0.3 is 0 Å². The summed E-state index contributed by atoms with van der Waals surface area (Å²) >= 11 is 0. The first-order valence-corrected chi connectivity index (χ1v) is 6.94. The van der Waals surface area contributed by atoms with Gasteiger partial charge in [0.25, 0.3) is 11.6 Å². The lowest BCUT2D eigenvalue weighted by atomic mass is 10.1. The van der Waals surface area contributed by atoms with Crippen molar-refractivity contribution in [1.29, 1.82) is 0 Å². The summed E-state index contributed by atoms with van der Waals surface area (Å²) in [5.74, 6) is -0.0788. The van der Waals surface area contributed by atoms with Crippen molar-refractivity contribution in [1.82, 2.24) is 10.2 Å². The summed E-state index contributed by atoms with van der Waals surface area (Å²) in [7, 11) is 0. The maximum atomic E-state index is 12.7. The highest BCUT2D eigenvalue weighted by atomic mass is 35.5. The van der Waals surface area contributed by atoms with Gasteiger partial charge in [-0.3, -0.25) is 14.9 Å². The molecule has 1 aromatic rings. The number of nitrogens with one attached hydrogen (secondary N) is 1. The van der Waals surface area contributed by atoms with Crippen LogP contribution >= 0.6 is 12.4 Å².